The summed E-state index contributed by atoms with van der Waals surface area (Å²) < 4.78 is 3.61. The van der Waals surface area contributed by atoms with Gasteiger partial charge in [-0.15, -0.1) is 0 Å². The van der Waals surface area contributed by atoms with Crippen LogP contribution in [0.4, 0.5) is 0 Å². The number of hydrogen-bond donors (Lipinski definition) is 0. The third-order valence-electron chi connectivity index (χ3n) is 4.58. The molecule has 0 N–H and O–H groups in total. The molecular weight excluding hydrogens is 416 g/mol. The molecule has 0 fully saturated rings. The van der Waals surface area contributed by atoms with Gasteiger partial charge in [0.05, 0.1) is 16.1 Å². The Balaban J connectivity index is 1.52. The van der Waals surface area contributed by atoms with Crippen LogP contribution in [0, 0.1) is 0 Å². The van der Waals surface area contributed by atoms with Crippen LogP contribution >= 0.6 is 35.3 Å². The van der Waals surface area contributed by atoms with Gasteiger partial charge in [0.1, 0.15) is 4.32 Å². The molecule has 0 spiro atoms. The molecule has 0 bridgehead atoms. The van der Waals surface area contributed by atoms with E-state index in [9.17, 15) is 4.79 Å². The van der Waals surface area contributed by atoms with E-state index in [1.807, 2.05) is 60.7 Å². The van der Waals surface area contributed by atoms with Crippen molar-refractivity contribution in [1.29, 1.82) is 0 Å². The number of thiocarbonyl (C=S) groups is 1. The van der Waals surface area contributed by atoms with Crippen LogP contribution in [-0.4, -0.2) is 13.8 Å². The minimum absolute atomic E-state index is 0.0548. The first kappa shape index (κ1) is 19.9. The standard InChI is InChI=1S/C23H20N2OS3/c26-22-25(20-13-7-8-14-21(20)29-22)17-28-23(27)24(15-18-9-3-1-4-10-18)16-19-11-5-2-6-12-19/h1-14H,15-17H2. The maximum absolute atomic E-state index is 12.4. The minimum Gasteiger partial charge on any atom is -0.349 e. The zero-order valence-electron chi connectivity index (χ0n) is 15.7. The molecule has 0 aliphatic carbocycles. The van der Waals surface area contributed by atoms with Gasteiger partial charge in [0.2, 0.25) is 0 Å². The molecule has 3 nitrogen and oxygen atoms in total. The molecule has 3 aromatic carbocycles. The lowest BCUT2D eigenvalue weighted by Crippen LogP contribution is -2.27. The van der Waals surface area contributed by atoms with Crippen molar-refractivity contribution in [3.05, 3.63) is 106 Å². The Hall–Kier alpha value is -2.41. The normalized spacial score (nSPS) is 10.9. The fourth-order valence-corrected chi connectivity index (χ4v) is 5.21. The zero-order valence-corrected chi connectivity index (χ0v) is 18.2. The van der Waals surface area contributed by atoms with Gasteiger partial charge in [0, 0.05) is 13.1 Å². The number of para-hydroxylation sites is 1. The van der Waals surface area contributed by atoms with Crippen molar-refractivity contribution in [2.24, 2.45) is 0 Å². The highest BCUT2D eigenvalue weighted by molar-refractivity contribution is 8.22. The van der Waals surface area contributed by atoms with E-state index in [0.29, 0.717) is 5.88 Å². The van der Waals surface area contributed by atoms with E-state index in [4.69, 9.17) is 12.2 Å². The third-order valence-corrected chi connectivity index (χ3v) is 7.05. The van der Waals surface area contributed by atoms with Crippen molar-refractivity contribution in [3.63, 3.8) is 0 Å². The number of hydrogen-bond acceptors (Lipinski definition) is 4. The number of rotatable bonds is 6. The summed E-state index contributed by atoms with van der Waals surface area (Å²) in [4.78, 5) is 14.7. The highest BCUT2D eigenvalue weighted by Gasteiger charge is 2.14. The number of benzene rings is 3. The number of aromatic nitrogens is 1. The molecule has 0 aliphatic rings. The summed E-state index contributed by atoms with van der Waals surface area (Å²) in [5, 5.41) is 0. The Morgan fingerprint density at radius 3 is 2.03 bits per heavy atom. The third kappa shape index (κ3) is 4.96. The molecule has 29 heavy (non-hydrogen) atoms. The van der Waals surface area contributed by atoms with Crippen LogP contribution in [0.3, 0.4) is 0 Å². The summed E-state index contributed by atoms with van der Waals surface area (Å²) in [7, 11) is 0. The van der Waals surface area contributed by atoms with E-state index in [1.54, 1.807) is 4.57 Å². The van der Waals surface area contributed by atoms with Crippen molar-refractivity contribution >= 4 is 49.9 Å². The van der Waals surface area contributed by atoms with Gasteiger partial charge in [-0.3, -0.25) is 9.36 Å². The van der Waals surface area contributed by atoms with Crippen LogP contribution in [0.2, 0.25) is 0 Å². The summed E-state index contributed by atoms with van der Waals surface area (Å²) in [6.07, 6.45) is 0. The van der Waals surface area contributed by atoms with E-state index in [0.717, 1.165) is 27.6 Å². The molecule has 0 atom stereocenters. The molecule has 4 aromatic rings. The molecule has 0 radical (unpaired) electrons. The second kappa shape index (κ2) is 9.39. The second-order valence-electron chi connectivity index (χ2n) is 6.63. The van der Waals surface area contributed by atoms with E-state index >= 15 is 0 Å². The average Bonchev–Trinajstić information content (AvgIpc) is 3.08. The zero-order chi connectivity index (χ0) is 20.1. The van der Waals surface area contributed by atoms with Crippen molar-refractivity contribution in [3.8, 4) is 0 Å². The number of nitrogens with zero attached hydrogens (tertiary/aromatic N) is 2. The second-order valence-corrected chi connectivity index (χ2v) is 9.20. The van der Waals surface area contributed by atoms with Gasteiger partial charge in [-0.05, 0) is 23.3 Å². The minimum atomic E-state index is 0.0548. The predicted molar refractivity (Wildman–Crippen MR) is 128 cm³/mol. The summed E-state index contributed by atoms with van der Waals surface area (Å²) in [6, 6.07) is 28.6. The molecule has 0 saturated carbocycles. The van der Waals surface area contributed by atoms with Crippen LogP contribution in [0.15, 0.2) is 89.7 Å². The van der Waals surface area contributed by atoms with Gasteiger partial charge in [-0.2, -0.15) is 0 Å². The Bertz CT molecular complexity index is 1110. The molecular formula is C23H20N2OS3. The van der Waals surface area contributed by atoms with Gasteiger partial charge in [-0.1, -0.05) is 108 Å². The molecule has 0 unspecified atom stereocenters. The molecule has 6 heteroatoms. The maximum atomic E-state index is 12.4. The number of thiazole rings is 1. The smallest absolute Gasteiger partial charge is 0.308 e. The SMILES string of the molecule is O=c1sc2ccccc2n1CSC(=S)N(Cc1ccccc1)Cc1ccccc1. The van der Waals surface area contributed by atoms with Gasteiger partial charge in [0.15, 0.2) is 0 Å². The first-order chi connectivity index (χ1) is 14.2. The highest BCUT2D eigenvalue weighted by atomic mass is 32.2. The molecule has 1 heterocycles. The van der Waals surface area contributed by atoms with Gasteiger partial charge >= 0.3 is 4.87 Å². The van der Waals surface area contributed by atoms with Gasteiger partial charge in [-0.25, -0.2) is 0 Å². The fourth-order valence-electron chi connectivity index (χ4n) is 3.14. The van der Waals surface area contributed by atoms with Crippen LogP contribution in [0.25, 0.3) is 10.2 Å². The van der Waals surface area contributed by atoms with Crippen LogP contribution in [-0.2, 0) is 19.0 Å². The maximum Gasteiger partial charge on any atom is 0.308 e. The van der Waals surface area contributed by atoms with E-state index < -0.39 is 0 Å². The van der Waals surface area contributed by atoms with E-state index in [1.165, 1.54) is 34.2 Å². The molecule has 1 aromatic heterocycles. The lowest BCUT2D eigenvalue weighted by Gasteiger charge is -2.25. The summed E-state index contributed by atoms with van der Waals surface area (Å²) in [5.41, 5.74) is 3.39. The van der Waals surface area contributed by atoms with Crippen LogP contribution in [0.1, 0.15) is 11.1 Å². The Labute approximate surface area is 183 Å². The quantitative estimate of drug-likeness (QED) is 0.360. The van der Waals surface area contributed by atoms with Gasteiger partial charge < -0.3 is 4.90 Å². The van der Waals surface area contributed by atoms with Crippen molar-refractivity contribution in [2.45, 2.75) is 19.0 Å². The predicted octanol–water partition coefficient (Wildman–Crippen LogP) is 5.74. The molecule has 0 aliphatic heterocycles. The number of thioether (sulfide) groups is 1. The van der Waals surface area contributed by atoms with E-state index in [2.05, 4.69) is 29.2 Å². The molecule has 0 saturated heterocycles. The van der Waals surface area contributed by atoms with Crippen LogP contribution < -0.4 is 4.87 Å². The van der Waals surface area contributed by atoms with Gasteiger partial charge in [0.25, 0.3) is 0 Å². The summed E-state index contributed by atoms with van der Waals surface area (Å²) in [5.74, 6) is 0.516. The Kier molecular flexibility index (Phi) is 6.44. The van der Waals surface area contributed by atoms with E-state index in [-0.39, 0.29) is 4.87 Å². The van der Waals surface area contributed by atoms with Crippen molar-refractivity contribution in [2.75, 3.05) is 0 Å². The Morgan fingerprint density at radius 1 is 0.862 bits per heavy atom. The first-order valence-corrected chi connectivity index (χ1v) is 11.5. The summed E-state index contributed by atoms with van der Waals surface area (Å²) >= 11 is 8.61. The lowest BCUT2D eigenvalue weighted by molar-refractivity contribution is 0.421. The largest absolute Gasteiger partial charge is 0.349 e. The highest BCUT2D eigenvalue weighted by Crippen LogP contribution is 2.22. The van der Waals surface area contributed by atoms with Crippen molar-refractivity contribution < 1.29 is 0 Å². The average molecular weight is 437 g/mol. The topological polar surface area (TPSA) is 25.2 Å². The Morgan fingerprint density at radius 2 is 1.41 bits per heavy atom. The molecule has 4 rings (SSSR count). The fraction of sp³-hybridized carbons (Fsp3) is 0.130. The first-order valence-electron chi connectivity index (χ1n) is 9.28. The molecule has 0 amide bonds. The lowest BCUT2D eigenvalue weighted by atomic mass is 10.2. The molecule has 146 valence electrons. The monoisotopic (exact) mass is 436 g/mol. The van der Waals surface area contributed by atoms with Crippen LogP contribution in [0.5, 0.6) is 0 Å². The summed E-state index contributed by atoms with van der Waals surface area (Å²) in [6.45, 7) is 1.47. The van der Waals surface area contributed by atoms with Crippen molar-refractivity contribution in [1.82, 2.24) is 9.47 Å². The number of fused-ring (bicyclic) bond motifs is 1.